The Morgan fingerprint density at radius 1 is 1.27 bits per heavy atom. The maximum atomic E-state index is 12.1. The molecule has 7 nitrogen and oxygen atoms in total. The molecule has 1 aromatic carbocycles. The van der Waals surface area contributed by atoms with Gasteiger partial charge in [0.05, 0.1) is 0 Å². The molecule has 1 aliphatic rings. The maximum Gasteiger partial charge on any atom is 0.325 e. The van der Waals surface area contributed by atoms with E-state index in [1.54, 1.807) is 12.1 Å². The maximum absolute atomic E-state index is 12.1. The highest BCUT2D eigenvalue weighted by molar-refractivity contribution is 6.03. The molecule has 2 aromatic rings. The van der Waals surface area contributed by atoms with Gasteiger partial charge in [-0.3, -0.25) is 14.9 Å². The second kappa shape index (κ2) is 5.97. The van der Waals surface area contributed by atoms with Gasteiger partial charge in [0.2, 0.25) is 5.95 Å². The van der Waals surface area contributed by atoms with Crippen molar-refractivity contribution < 1.29 is 14.7 Å². The molecule has 2 N–H and O–H groups in total. The molecular formula is C15H16N4O3. The van der Waals surface area contributed by atoms with Crippen LogP contribution in [0.15, 0.2) is 30.6 Å². The van der Waals surface area contributed by atoms with Crippen LogP contribution in [0.2, 0.25) is 0 Å². The van der Waals surface area contributed by atoms with Gasteiger partial charge in [0.1, 0.15) is 12.9 Å². The Morgan fingerprint density at radius 2 is 2.00 bits per heavy atom. The monoisotopic (exact) mass is 300 g/mol. The average Bonchev–Trinajstić information content (AvgIpc) is 2.84. The number of nitrogens with zero attached hydrogens (tertiary/aromatic N) is 3. The number of nitrogens with one attached hydrogen (secondary N) is 1. The van der Waals surface area contributed by atoms with Crippen LogP contribution in [0.5, 0.6) is 0 Å². The molecule has 7 heteroatoms. The summed E-state index contributed by atoms with van der Waals surface area (Å²) in [4.78, 5) is 26.5. The van der Waals surface area contributed by atoms with Crippen LogP contribution in [0.25, 0.3) is 0 Å². The van der Waals surface area contributed by atoms with E-state index < -0.39 is 5.97 Å². The molecule has 1 aliphatic carbocycles. The summed E-state index contributed by atoms with van der Waals surface area (Å²) in [5.74, 6) is -0.609. The Labute approximate surface area is 127 Å². The molecule has 22 heavy (non-hydrogen) atoms. The summed E-state index contributed by atoms with van der Waals surface area (Å²) in [5.41, 5.74) is 1.80. The molecule has 0 saturated heterocycles. The van der Waals surface area contributed by atoms with E-state index in [0.29, 0.717) is 11.5 Å². The van der Waals surface area contributed by atoms with Gasteiger partial charge in [-0.25, -0.2) is 9.67 Å². The Kier molecular flexibility index (Phi) is 3.86. The van der Waals surface area contributed by atoms with Crippen molar-refractivity contribution >= 4 is 17.8 Å². The molecule has 1 aromatic heterocycles. The number of carboxylic acids is 1. The molecule has 0 spiro atoms. The van der Waals surface area contributed by atoms with E-state index in [2.05, 4.69) is 15.4 Å². The second-order valence-corrected chi connectivity index (χ2v) is 5.36. The normalized spacial score (nSPS) is 14.4. The molecule has 1 fully saturated rings. The van der Waals surface area contributed by atoms with E-state index >= 15 is 0 Å². The highest BCUT2D eigenvalue weighted by Gasteiger charge is 2.19. The number of amides is 1. The summed E-state index contributed by atoms with van der Waals surface area (Å²) in [5, 5.41) is 15.1. The van der Waals surface area contributed by atoms with Crippen LogP contribution in [0.1, 0.15) is 41.1 Å². The molecule has 0 atom stereocenters. The standard InChI is InChI=1S/C15H16N4O3/c20-13(21)8-19-9-16-15(18-19)17-14(22)12-6-4-11(5-7-12)10-2-1-3-10/h4-7,9-10H,1-3,8H2,(H,20,21)(H,17,18,22). The zero-order valence-electron chi connectivity index (χ0n) is 11.9. The minimum Gasteiger partial charge on any atom is -0.480 e. The largest absolute Gasteiger partial charge is 0.480 e. The first-order chi connectivity index (χ1) is 10.6. The molecule has 0 bridgehead atoms. The highest BCUT2D eigenvalue weighted by atomic mass is 16.4. The summed E-state index contributed by atoms with van der Waals surface area (Å²) < 4.78 is 1.15. The third-order valence-electron chi connectivity index (χ3n) is 3.81. The number of hydrogen-bond acceptors (Lipinski definition) is 4. The number of carbonyl (C=O) groups is 2. The van der Waals surface area contributed by atoms with Crippen LogP contribution in [0.4, 0.5) is 5.95 Å². The smallest absolute Gasteiger partial charge is 0.325 e. The van der Waals surface area contributed by atoms with Crippen molar-refractivity contribution in [3.63, 3.8) is 0 Å². The van der Waals surface area contributed by atoms with Crippen LogP contribution in [0, 0.1) is 0 Å². The lowest BCUT2D eigenvalue weighted by atomic mass is 9.80. The molecule has 0 unspecified atom stereocenters. The number of hydrogen-bond donors (Lipinski definition) is 2. The number of rotatable bonds is 5. The van der Waals surface area contributed by atoms with Crippen molar-refractivity contribution in [2.45, 2.75) is 31.7 Å². The number of aromatic nitrogens is 3. The quantitative estimate of drug-likeness (QED) is 0.878. The second-order valence-electron chi connectivity index (χ2n) is 5.36. The average molecular weight is 300 g/mol. The highest BCUT2D eigenvalue weighted by Crippen LogP contribution is 2.36. The Morgan fingerprint density at radius 3 is 2.59 bits per heavy atom. The first kappa shape index (κ1) is 14.2. The summed E-state index contributed by atoms with van der Waals surface area (Å²) in [7, 11) is 0. The van der Waals surface area contributed by atoms with Gasteiger partial charge in [-0.2, -0.15) is 0 Å². The van der Waals surface area contributed by atoms with Crippen LogP contribution in [-0.4, -0.2) is 31.7 Å². The number of benzene rings is 1. The summed E-state index contributed by atoms with van der Waals surface area (Å²) in [6, 6.07) is 7.54. The molecule has 0 aliphatic heterocycles. The molecule has 0 radical (unpaired) electrons. The molecule has 1 heterocycles. The third-order valence-corrected chi connectivity index (χ3v) is 3.81. The minimum absolute atomic E-state index is 0.0920. The van der Waals surface area contributed by atoms with Crippen molar-refractivity contribution in [1.82, 2.24) is 14.8 Å². The van der Waals surface area contributed by atoms with Gasteiger partial charge in [0.25, 0.3) is 5.91 Å². The van der Waals surface area contributed by atoms with Gasteiger partial charge in [-0.05, 0) is 36.5 Å². The van der Waals surface area contributed by atoms with Gasteiger partial charge in [-0.15, -0.1) is 5.10 Å². The summed E-state index contributed by atoms with van der Waals surface area (Å²) in [6.45, 7) is -0.293. The first-order valence-electron chi connectivity index (χ1n) is 7.14. The zero-order chi connectivity index (χ0) is 15.5. The van der Waals surface area contributed by atoms with Crippen LogP contribution < -0.4 is 5.32 Å². The number of aliphatic carboxylic acids is 1. The molecule has 3 rings (SSSR count). The predicted molar refractivity (Wildman–Crippen MR) is 78.6 cm³/mol. The van der Waals surface area contributed by atoms with Gasteiger partial charge in [0, 0.05) is 5.56 Å². The number of carboxylic acid groups (broad SMARTS) is 1. The minimum atomic E-state index is -1.02. The van der Waals surface area contributed by atoms with Crippen LogP contribution >= 0.6 is 0 Å². The van der Waals surface area contributed by atoms with Crippen molar-refractivity contribution in [2.24, 2.45) is 0 Å². The van der Waals surface area contributed by atoms with Crippen molar-refractivity contribution in [3.05, 3.63) is 41.7 Å². The van der Waals surface area contributed by atoms with Gasteiger partial charge in [-0.1, -0.05) is 18.6 Å². The van der Waals surface area contributed by atoms with E-state index in [1.807, 2.05) is 12.1 Å². The Hall–Kier alpha value is -2.70. The molecular weight excluding hydrogens is 284 g/mol. The SMILES string of the molecule is O=C(O)Cn1cnc(NC(=O)c2ccc(C3CCC3)cc2)n1. The van der Waals surface area contributed by atoms with E-state index in [0.717, 1.165) is 4.68 Å². The topological polar surface area (TPSA) is 97.1 Å². The summed E-state index contributed by atoms with van der Waals surface area (Å²) in [6.07, 6.45) is 4.98. The van der Waals surface area contributed by atoms with E-state index in [9.17, 15) is 9.59 Å². The van der Waals surface area contributed by atoms with Gasteiger partial charge in [0.15, 0.2) is 0 Å². The van der Waals surface area contributed by atoms with Crippen molar-refractivity contribution in [2.75, 3.05) is 5.32 Å². The predicted octanol–water partition coefficient (Wildman–Crippen LogP) is 1.88. The Balaban J connectivity index is 1.63. The Bertz CT molecular complexity index is 689. The van der Waals surface area contributed by atoms with E-state index in [-0.39, 0.29) is 18.4 Å². The van der Waals surface area contributed by atoms with Gasteiger partial charge >= 0.3 is 5.97 Å². The van der Waals surface area contributed by atoms with Crippen molar-refractivity contribution in [3.8, 4) is 0 Å². The van der Waals surface area contributed by atoms with Crippen LogP contribution in [0.3, 0.4) is 0 Å². The fraction of sp³-hybridized carbons (Fsp3) is 0.333. The van der Waals surface area contributed by atoms with Crippen molar-refractivity contribution in [1.29, 1.82) is 0 Å². The number of anilines is 1. The van der Waals surface area contributed by atoms with Crippen LogP contribution in [-0.2, 0) is 11.3 Å². The molecule has 1 amide bonds. The fourth-order valence-electron chi connectivity index (χ4n) is 2.39. The lowest BCUT2D eigenvalue weighted by Gasteiger charge is -2.25. The van der Waals surface area contributed by atoms with E-state index in [4.69, 9.17) is 5.11 Å². The molecule has 1 saturated carbocycles. The molecule has 114 valence electrons. The summed E-state index contributed by atoms with van der Waals surface area (Å²) >= 11 is 0. The van der Waals surface area contributed by atoms with E-state index in [1.165, 1.54) is 31.2 Å². The number of carbonyl (C=O) groups excluding carboxylic acids is 1. The van der Waals surface area contributed by atoms with Gasteiger partial charge < -0.3 is 5.11 Å². The zero-order valence-corrected chi connectivity index (χ0v) is 11.9. The lowest BCUT2D eigenvalue weighted by molar-refractivity contribution is -0.137. The fourth-order valence-corrected chi connectivity index (χ4v) is 2.39. The first-order valence-corrected chi connectivity index (χ1v) is 7.14. The lowest BCUT2D eigenvalue weighted by Crippen LogP contribution is -2.15. The third kappa shape index (κ3) is 3.13.